The molecule has 27 heavy (non-hydrogen) atoms. The van der Waals surface area contributed by atoms with E-state index in [0.29, 0.717) is 25.4 Å². The number of non-ortho nitro benzene ring substituents is 1. The summed E-state index contributed by atoms with van der Waals surface area (Å²) < 4.78 is 33.8. The zero-order chi connectivity index (χ0) is 19.6. The molecule has 0 spiro atoms. The summed E-state index contributed by atoms with van der Waals surface area (Å²) in [5.41, 5.74) is 0.175. The number of nitro benzene ring substituents is 1. The fourth-order valence-electron chi connectivity index (χ4n) is 2.82. The Balaban J connectivity index is 2.01. The number of rotatable bonds is 6. The topological polar surface area (TPSA) is 93.0 Å². The van der Waals surface area contributed by atoms with Gasteiger partial charge in [0.1, 0.15) is 4.90 Å². The molecular formula is C16H18BrN3O5S2. The molecule has 0 N–H and O–H groups in total. The number of ether oxygens (including phenoxy) is 1. The maximum Gasteiger partial charge on any atom is 0.270 e. The second kappa shape index (κ2) is 8.23. The molecule has 1 aliphatic heterocycles. The Morgan fingerprint density at radius 1 is 1.30 bits per heavy atom. The number of morpholine rings is 1. The fraction of sp³-hybridized carbons (Fsp3) is 0.375. The number of hydrogen-bond donors (Lipinski definition) is 0. The van der Waals surface area contributed by atoms with Gasteiger partial charge in [-0.3, -0.25) is 10.1 Å². The number of nitrogens with zero attached hydrogens (tertiary/aromatic N) is 3. The van der Waals surface area contributed by atoms with Crippen molar-refractivity contribution in [3.05, 3.63) is 49.1 Å². The summed E-state index contributed by atoms with van der Waals surface area (Å²) in [4.78, 5) is 13.4. The van der Waals surface area contributed by atoms with E-state index in [1.165, 1.54) is 16.4 Å². The van der Waals surface area contributed by atoms with Crippen LogP contribution in [0.15, 0.2) is 39.0 Å². The van der Waals surface area contributed by atoms with Gasteiger partial charge >= 0.3 is 0 Å². The van der Waals surface area contributed by atoms with Crippen LogP contribution >= 0.6 is 27.3 Å². The number of benzene rings is 1. The second-order valence-electron chi connectivity index (χ2n) is 5.99. The van der Waals surface area contributed by atoms with Crippen molar-refractivity contribution in [1.82, 2.24) is 4.31 Å². The van der Waals surface area contributed by atoms with Gasteiger partial charge in [-0.2, -0.15) is 4.31 Å². The van der Waals surface area contributed by atoms with Gasteiger partial charge in [-0.05, 0) is 34.1 Å². The lowest BCUT2D eigenvalue weighted by Crippen LogP contribution is -2.41. The van der Waals surface area contributed by atoms with Crippen LogP contribution in [0.25, 0.3) is 0 Å². The number of halogens is 1. The molecule has 3 rings (SSSR count). The lowest BCUT2D eigenvalue weighted by atomic mass is 10.2. The zero-order valence-electron chi connectivity index (χ0n) is 14.5. The summed E-state index contributed by atoms with van der Waals surface area (Å²) in [6.07, 6.45) is 0. The Bertz CT molecular complexity index is 941. The largest absolute Gasteiger partial charge is 0.379 e. The number of hydrogen-bond acceptors (Lipinski definition) is 7. The number of anilines is 1. The minimum atomic E-state index is -3.88. The predicted molar refractivity (Wildman–Crippen MR) is 107 cm³/mol. The first-order chi connectivity index (χ1) is 12.8. The molecule has 0 radical (unpaired) electrons. The highest BCUT2D eigenvalue weighted by Crippen LogP contribution is 2.33. The van der Waals surface area contributed by atoms with E-state index < -0.39 is 14.9 Å². The molecule has 146 valence electrons. The van der Waals surface area contributed by atoms with Crippen molar-refractivity contribution in [1.29, 1.82) is 0 Å². The van der Waals surface area contributed by atoms with Crippen molar-refractivity contribution < 1.29 is 18.1 Å². The van der Waals surface area contributed by atoms with Crippen LogP contribution < -0.4 is 4.90 Å². The van der Waals surface area contributed by atoms with Crippen LogP contribution in [0.4, 0.5) is 11.4 Å². The van der Waals surface area contributed by atoms with Gasteiger partial charge in [0.2, 0.25) is 10.0 Å². The zero-order valence-corrected chi connectivity index (χ0v) is 17.7. The summed E-state index contributed by atoms with van der Waals surface area (Å²) >= 11 is 4.96. The van der Waals surface area contributed by atoms with Crippen molar-refractivity contribution in [3.63, 3.8) is 0 Å². The van der Waals surface area contributed by atoms with E-state index >= 15 is 0 Å². The van der Waals surface area contributed by atoms with Crippen LogP contribution in [0.5, 0.6) is 0 Å². The van der Waals surface area contributed by atoms with E-state index in [4.69, 9.17) is 4.74 Å². The normalized spacial score (nSPS) is 15.6. The molecule has 1 saturated heterocycles. The summed E-state index contributed by atoms with van der Waals surface area (Å²) in [5, 5.41) is 11.2. The molecule has 0 atom stereocenters. The van der Waals surface area contributed by atoms with Gasteiger partial charge in [0, 0.05) is 37.1 Å². The molecule has 11 heteroatoms. The second-order valence-corrected chi connectivity index (χ2v) is 10.4. The van der Waals surface area contributed by atoms with Crippen LogP contribution in [0, 0.1) is 10.1 Å². The van der Waals surface area contributed by atoms with Gasteiger partial charge < -0.3 is 9.64 Å². The van der Waals surface area contributed by atoms with Crippen molar-refractivity contribution in [2.24, 2.45) is 0 Å². The first kappa shape index (κ1) is 20.2. The molecule has 1 aliphatic rings. The number of sulfonamides is 1. The first-order valence-corrected chi connectivity index (χ1v) is 11.2. The van der Waals surface area contributed by atoms with Crippen LogP contribution in [-0.2, 0) is 21.3 Å². The number of thiophene rings is 1. The fourth-order valence-corrected chi connectivity index (χ4v) is 6.02. The average Bonchev–Trinajstić information content (AvgIpc) is 3.06. The molecule has 2 aromatic rings. The van der Waals surface area contributed by atoms with E-state index in [-0.39, 0.29) is 23.7 Å². The highest BCUT2D eigenvalue weighted by molar-refractivity contribution is 9.11. The Hall–Kier alpha value is -1.53. The summed E-state index contributed by atoms with van der Waals surface area (Å²) in [6.45, 7) is 1.56. The summed E-state index contributed by atoms with van der Waals surface area (Å²) in [6, 6.07) is 7.84. The van der Waals surface area contributed by atoms with Crippen LogP contribution in [0.3, 0.4) is 0 Å². The van der Waals surface area contributed by atoms with Gasteiger partial charge in [-0.1, -0.05) is 0 Å². The van der Waals surface area contributed by atoms with Crippen molar-refractivity contribution in [2.45, 2.75) is 11.4 Å². The van der Waals surface area contributed by atoms with Gasteiger partial charge in [-0.15, -0.1) is 11.3 Å². The Labute approximate surface area is 169 Å². The Morgan fingerprint density at radius 3 is 2.59 bits per heavy atom. The monoisotopic (exact) mass is 475 g/mol. The smallest absolute Gasteiger partial charge is 0.270 e. The molecule has 0 unspecified atom stereocenters. The Morgan fingerprint density at radius 2 is 2.00 bits per heavy atom. The summed E-state index contributed by atoms with van der Waals surface area (Å²) in [7, 11) is -2.11. The molecule has 2 heterocycles. The Kier molecular flexibility index (Phi) is 6.16. The van der Waals surface area contributed by atoms with E-state index in [0.717, 1.165) is 14.7 Å². The van der Waals surface area contributed by atoms with Crippen molar-refractivity contribution in [2.75, 3.05) is 38.3 Å². The molecule has 1 aromatic carbocycles. The SMILES string of the molecule is CN(Cc1ccc(Br)s1)c1ccc([N+](=O)[O-])cc1S(=O)(=O)N1CCOCC1. The number of nitro groups is 1. The maximum absolute atomic E-state index is 13.2. The molecule has 0 aliphatic carbocycles. The lowest BCUT2D eigenvalue weighted by Gasteiger charge is -2.28. The average molecular weight is 476 g/mol. The minimum absolute atomic E-state index is 0.0586. The molecule has 0 bridgehead atoms. The first-order valence-electron chi connectivity index (χ1n) is 8.11. The van der Waals surface area contributed by atoms with Gasteiger partial charge in [-0.25, -0.2) is 8.42 Å². The van der Waals surface area contributed by atoms with Crippen molar-refractivity contribution in [3.8, 4) is 0 Å². The van der Waals surface area contributed by atoms with E-state index in [9.17, 15) is 18.5 Å². The maximum atomic E-state index is 13.2. The standard InChI is InChI=1S/C16H18BrN3O5S2/c1-18(11-13-3-5-16(17)26-13)14-4-2-12(20(21)22)10-15(14)27(23,24)19-6-8-25-9-7-19/h2-5,10H,6-9,11H2,1H3. The quantitative estimate of drug-likeness (QED) is 0.470. The minimum Gasteiger partial charge on any atom is -0.379 e. The van der Waals surface area contributed by atoms with Crippen LogP contribution in [0.1, 0.15) is 4.88 Å². The lowest BCUT2D eigenvalue weighted by molar-refractivity contribution is -0.385. The van der Waals surface area contributed by atoms with Crippen LogP contribution in [0.2, 0.25) is 0 Å². The van der Waals surface area contributed by atoms with Gasteiger partial charge in [0.15, 0.2) is 0 Å². The highest BCUT2D eigenvalue weighted by Gasteiger charge is 2.31. The van der Waals surface area contributed by atoms with Crippen LogP contribution in [-0.4, -0.2) is 51.0 Å². The van der Waals surface area contributed by atoms with Gasteiger partial charge in [0.25, 0.3) is 5.69 Å². The molecule has 0 saturated carbocycles. The molecule has 1 fully saturated rings. The predicted octanol–water partition coefficient (Wildman–Crippen LogP) is 3.08. The van der Waals surface area contributed by atoms with E-state index in [1.807, 2.05) is 12.1 Å². The third-order valence-electron chi connectivity index (χ3n) is 4.18. The van der Waals surface area contributed by atoms with E-state index in [2.05, 4.69) is 15.9 Å². The summed E-state index contributed by atoms with van der Waals surface area (Å²) in [5.74, 6) is 0. The van der Waals surface area contributed by atoms with Crippen molar-refractivity contribution >= 4 is 48.7 Å². The molecule has 0 amide bonds. The molecular weight excluding hydrogens is 458 g/mol. The van der Waals surface area contributed by atoms with E-state index in [1.54, 1.807) is 23.3 Å². The molecule has 1 aromatic heterocycles. The third-order valence-corrected chi connectivity index (χ3v) is 7.71. The molecule has 8 nitrogen and oxygen atoms in total. The van der Waals surface area contributed by atoms with Gasteiger partial charge in [0.05, 0.1) is 34.2 Å². The highest BCUT2D eigenvalue weighted by atomic mass is 79.9. The third kappa shape index (κ3) is 4.49.